The lowest BCUT2D eigenvalue weighted by molar-refractivity contribution is -0.136. The molecule has 8 rings (SSSR count). The number of hydrogen-bond acceptors (Lipinski definition) is 11. The Labute approximate surface area is 350 Å². The van der Waals surface area contributed by atoms with Crippen LogP contribution in [0.25, 0.3) is 21.2 Å². The molecule has 318 valence electrons. The van der Waals surface area contributed by atoms with Gasteiger partial charge in [0.1, 0.15) is 17.5 Å². The number of methoxy groups -OCH3 is 2. The lowest BCUT2D eigenvalue weighted by Crippen LogP contribution is -2.60. The average Bonchev–Trinajstić information content (AvgIpc) is 3.81. The normalized spacial score (nSPS) is 21.1. The number of nitrogens with one attached hydrogen (secondary N) is 2. The van der Waals surface area contributed by atoms with Crippen molar-refractivity contribution in [2.24, 2.45) is 7.05 Å². The van der Waals surface area contributed by atoms with E-state index in [0.717, 1.165) is 16.7 Å². The number of imide groups is 1. The molecular weight excluding hydrogens is 797 g/mol. The maximum Gasteiger partial charge on any atom is 0.280 e. The summed E-state index contributed by atoms with van der Waals surface area (Å²) in [5.41, 5.74) is 3.89. The number of thiophene rings is 1. The van der Waals surface area contributed by atoms with Crippen molar-refractivity contribution in [2.75, 3.05) is 59.4 Å². The van der Waals surface area contributed by atoms with Crippen LogP contribution in [-0.4, -0.2) is 121 Å². The molecule has 4 aromatic rings. The van der Waals surface area contributed by atoms with E-state index in [1.807, 2.05) is 36.0 Å². The van der Waals surface area contributed by atoms with E-state index in [4.69, 9.17) is 9.47 Å². The van der Waals surface area contributed by atoms with Crippen molar-refractivity contribution in [2.45, 2.75) is 69.2 Å². The minimum absolute atomic E-state index is 0.150. The number of fused-ring (bicyclic) bond motifs is 2. The smallest absolute Gasteiger partial charge is 0.280 e. The van der Waals surface area contributed by atoms with Crippen molar-refractivity contribution in [3.05, 3.63) is 74.5 Å². The van der Waals surface area contributed by atoms with Crippen LogP contribution in [0, 0.1) is 0 Å². The standard InChI is InChI=1S/C43H49F2N7O7S/c1-48(2)21-31-33(58-4)17-24(18-34(31)59-5)30-22-49(3)41(56)29-19-35(60-38(29)30)40(55)46-26-10-13-50(14-11-26)36-12-15-51(23-43(36,44)45)27-6-7-28-25(16-27)20-52(42(28)57)32-8-9-37(53)47-39(32)54/h6-7,16-19,22,26,32,36H,8-15,20-21,23H2,1-5H3,(H,46,55)(H,47,53,54). The minimum atomic E-state index is -3.02. The highest BCUT2D eigenvalue weighted by Crippen LogP contribution is 2.41. The Morgan fingerprint density at radius 2 is 1.68 bits per heavy atom. The number of anilines is 1. The van der Waals surface area contributed by atoms with Crippen LogP contribution in [0.2, 0.25) is 0 Å². The first-order chi connectivity index (χ1) is 28.6. The van der Waals surface area contributed by atoms with Gasteiger partial charge in [0, 0.05) is 79.9 Å². The van der Waals surface area contributed by atoms with Gasteiger partial charge in [-0.05, 0) is 87.3 Å². The second-order valence-electron chi connectivity index (χ2n) is 16.4. The molecule has 4 amide bonds. The van der Waals surface area contributed by atoms with E-state index in [2.05, 4.69) is 10.6 Å². The van der Waals surface area contributed by atoms with Crippen LogP contribution in [0.1, 0.15) is 63.3 Å². The lowest BCUT2D eigenvalue weighted by Gasteiger charge is -2.46. The molecule has 2 N–H and O–H groups in total. The van der Waals surface area contributed by atoms with Gasteiger partial charge in [0.2, 0.25) is 11.8 Å². The van der Waals surface area contributed by atoms with Crippen LogP contribution in [-0.2, 0) is 29.7 Å². The van der Waals surface area contributed by atoms with E-state index < -0.39 is 30.5 Å². The molecule has 0 saturated carbocycles. The second kappa shape index (κ2) is 16.2. The summed E-state index contributed by atoms with van der Waals surface area (Å²) in [6, 6.07) is 8.61. The SMILES string of the molecule is COc1cc(-c2cn(C)c(=O)c3cc(C(=O)NC4CCN(C5CCN(c6ccc7c(c6)CN(C6CCC(=O)NC6=O)C7=O)CC5(F)F)CC4)sc23)cc(OC)c1CN(C)C. The molecule has 2 unspecified atom stereocenters. The van der Waals surface area contributed by atoms with Gasteiger partial charge in [0.05, 0.1) is 42.6 Å². The Bertz CT molecular complexity index is 2420. The number of piperidine rings is 3. The zero-order valence-corrected chi connectivity index (χ0v) is 35.1. The zero-order chi connectivity index (χ0) is 42.6. The number of carbonyl (C=O) groups is 4. The van der Waals surface area contributed by atoms with Crippen molar-refractivity contribution in [3.8, 4) is 22.6 Å². The van der Waals surface area contributed by atoms with Gasteiger partial charge in [-0.2, -0.15) is 0 Å². The first-order valence-electron chi connectivity index (χ1n) is 20.1. The third-order valence-corrected chi connectivity index (χ3v) is 13.4. The van der Waals surface area contributed by atoms with E-state index in [9.17, 15) is 24.0 Å². The van der Waals surface area contributed by atoms with Gasteiger partial charge in [0.25, 0.3) is 23.3 Å². The predicted octanol–water partition coefficient (Wildman–Crippen LogP) is 4.22. The number of aryl methyl sites for hydroxylation is 1. The highest BCUT2D eigenvalue weighted by molar-refractivity contribution is 7.21. The largest absolute Gasteiger partial charge is 0.496 e. The highest BCUT2D eigenvalue weighted by atomic mass is 32.1. The Kier molecular flexibility index (Phi) is 11.2. The quantitative estimate of drug-likeness (QED) is 0.223. The van der Waals surface area contributed by atoms with Gasteiger partial charge in [0.15, 0.2) is 0 Å². The number of alkyl halides is 2. The molecule has 2 aromatic heterocycles. The fourth-order valence-corrected chi connectivity index (χ4v) is 10.2. The molecule has 0 radical (unpaired) electrons. The van der Waals surface area contributed by atoms with Gasteiger partial charge >= 0.3 is 0 Å². The molecule has 0 aliphatic carbocycles. The number of benzene rings is 2. The number of aromatic nitrogens is 1. The number of ether oxygens (including phenoxy) is 2. The number of halogens is 2. The van der Waals surface area contributed by atoms with Crippen LogP contribution in [0.5, 0.6) is 11.5 Å². The number of carbonyl (C=O) groups excluding carboxylic acids is 4. The Morgan fingerprint density at radius 1 is 0.967 bits per heavy atom. The van der Waals surface area contributed by atoms with Crippen molar-refractivity contribution in [3.63, 3.8) is 0 Å². The Morgan fingerprint density at radius 3 is 2.33 bits per heavy atom. The van der Waals surface area contributed by atoms with Crippen LogP contribution in [0.15, 0.2) is 47.4 Å². The summed E-state index contributed by atoms with van der Waals surface area (Å²) >= 11 is 1.24. The molecule has 4 aliphatic rings. The number of pyridine rings is 1. The molecule has 0 bridgehead atoms. The van der Waals surface area contributed by atoms with Gasteiger partial charge in [-0.3, -0.25) is 34.2 Å². The lowest BCUT2D eigenvalue weighted by atomic mass is 9.94. The second-order valence-corrected chi connectivity index (χ2v) is 17.5. The van der Waals surface area contributed by atoms with E-state index in [0.29, 0.717) is 82.3 Å². The van der Waals surface area contributed by atoms with Crippen molar-refractivity contribution in [1.82, 2.24) is 29.9 Å². The van der Waals surface area contributed by atoms with Crippen molar-refractivity contribution in [1.29, 1.82) is 0 Å². The molecule has 17 heteroatoms. The number of nitrogens with zero attached hydrogens (tertiary/aromatic N) is 5. The maximum absolute atomic E-state index is 16.0. The number of rotatable bonds is 10. The number of amides is 4. The van der Waals surface area contributed by atoms with Crippen LogP contribution in [0.3, 0.4) is 0 Å². The Balaban J connectivity index is 0.906. The third kappa shape index (κ3) is 7.73. The van der Waals surface area contributed by atoms with Crippen LogP contribution in [0.4, 0.5) is 14.5 Å². The van der Waals surface area contributed by atoms with Gasteiger partial charge in [-0.1, -0.05) is 0 Å². The van der Waals surface area contributed by atoms with Crippen LogP contribution >= 0.6 is 11.3 Å². The third-order valence-electron chi connectivity index (χ3n) is 12.2. The molecule has 0 spiro atoms. The molecule has 3 fully saturated rings. The molecule has 2 aromatic carbocycles. The minimum Gasteiger partial charge on any atom is -0.496 e. The number of likely N-dealkylation sites (tertiary alicyclic amines) is 1. The Hall–Kier alpha value is -5.39. The highest BCUT2D eigenvalue weighted by Gasteiger charge is 2.48. The van der Waals surface area contributed by atoms with Crippen molar-refractivity contribution < 1.29 is 37.4 Å². The summed E-state index contributed by atoms with van der Waals surface area (Å²) in [5.74, 6) is -3.22. The van der Waals surface area contributed by atoms with E-state index in [1.54, 1.807) is 56.6 Å². The fraction of sp³-hybridized carbons (Fsp3) is 0.465. The summed E-state index contributed by atoms with van der Waals surface area (Å²) in [6.07, 6.45) is 3.39. The molecule has 3 saturated heterocycles. The summed E-state index contributed by atoms with van der Waals surface area (Å²) in [5, 5.41) is 5.83. The summed E-state index contributed by atoms with van der Waals surface area (Å²) in [4.78, 5) is 71.6. The monoisotopic (exact) mass is 845 g/mol. The summed E-state index contributed by atoms with van der Waals surface area (Å²) < 4.78 is 45.6. The van der Waals surface area contributed by atoms with E-state index >= 15 is 8.78 Å². The summed E-state index contributed by atoms with van der Waals surface area (Å²) in [6.45, 7) is 1.47. The van der Waals surface area contributed by atoms with Gasteiger partial charge in [-0.25, -0.2) is 8.78 Å². The molecule has 60 heavy (non-hydrogen) atoms. The van der Waals surface area contributed by atoms with E-state index in [1.165, 1.54) is 20.8 Å². The first-order valence-corrected chi connectivity index (χ1v) is 21.0. The number of hydrogen-bond donors (Lipinski definition) is 2. The molecule has 6 heterocycles. The van der Waals surface area contributed by atoms with Gasteiger partial charge < -0.3 is 34.1 Å². The predicted molar refractivity (Wildman–Crippen MR) is 223 cm³/mol. The molecule has 2 atom stereocenters. The topological polar surface area (TPSA) is 146 Å². The average molecular weight is 846 g/mol. The summed E-state index contributed by atoms with van der Waals surface area (Å²) in [7, 11) is 8.80. The fourth-order valence-electron chi connectivity index (χ4n) is 9.15. The first kappa shape index (κ1) is 41.3. The van der Waals surface area contributed by atoms with Gasteiger partial charge in [-0.15, -0.1) is 11.3 Å². The van der Waals surface area contributed by atoms with Crippen molar-refractivity contribution >= 4 is 50.7 Å². The van der Waals surface area contributed by atoms with E-state index in [-0.39, 0.29) is 55.1 Å². The maximum atomic E-state index is 16.0. The van der Waals surface area contributed by atoms with Crippen LogP contribution < -0.4 is 30.6 Å². The molecular formula is C43H49F2N7O7S. The molecule has 4 aliphatic heterocycles. The zero-order valence-electron chi connectivity index (χ0n) is 34.3. The molecule has 14 nitrogen and oxygen atoms in total.